The molecule has 0 saturated carbocycles. The first-order valence-corrected chi connectivity index (χ1v) is 10.3. The fraction of sp³-hybridized carbons (Fsp3) is 0.280. The number of rotatable bonds is 5. The maximum absolute atomic E-state index is 13.4. The molecule has 34 heavy (non-hydrogen) atoms. The van der Waals surface area contributed by atoms with Gasteiger partial charge in [-0.3, -0.25) is 14.9 Å². The summed E-state index contributed by atoms with van der Waals surface area (Å²) in [7, 11) is 1.57. The molecule has 0 aromatic heterocycles. The lowest BCUT2D eigenvalue weighted by Gasteiger charge is -2.56. The SMILES string of the molecule is CC#CC1(C)N(C)C(C)=C(C(=O)O)C(c2cccc([N+](=O)[O-])c2)C1(C(=O)O)c1ccc(O)cc1. The molecule has 0 fully saturated rings. The van der Waals surface area contributed by atoms with E-state index in [1.807, 2.05) is 0 Å². The monoisotopic (exact) mass is 464 g/mol. The standard InChI is InChI=1S/C25H24N2O7/c1-5-13-24(3)25(23(31)32,17-9-11-19(28)12-10-17)21(20(22(29)30)15(2)26(24)4)16-7-6-8-18(14-16)27(33)34/h6-12,14,21,28H,1-4H3,(H,29,30)(H,31,32). The number of nitrogens with zero attached hydrogens (tertiary/aromatic N) is 2. The number of carboxylic acid groups (broad SMARTS) is 2. The lowest BCUT2D eigenvalue weighted by Crippen LogP contribution is -2.67. The van der Waals surface area contributed by atoms with Crippen LogP contribution in [0, 0.1) is 22.0 Å². The summed E-state index contributed by atoms with van der Waals surface area (Å²) < 4.78 is 0. The van der Waals surface area contributed by atoms with Gasteiger partial charge in [0.2, 0.25) is 0 Å². The van der Waals surface area contributed by atoms with Crippen molar-refractivity contribution in [1.82, 2.24) is 4.90 Å². The molecule has 2 aromatic carbocycles. The molecule has 0 radical (unpaired) electrons. The van der Waals surface area contributed by atoms with Crippen molar-refractivity contribution in [2.24, 2.45) is 0 Å². The number of nitro benzene ring substituents is 1. The van der Waals surface area contributed by atoms with E-state index in [-0.39, 0.29) is 33.8 Å². The van der Waals surface area contributed by atoms with Crippen molar-refractivity contribution >= 4 is 17.6 Å². The summed E-state index contributed by atoms with van der Waals surface area (Å²) in [4.78, 5) is 38.4. The van der Waals surface area contributed by atoms with Gasteiger partial charge in [0.15, 0.2) is 0 Å². The van der Waals surface area contributed by atoms with Gasteiger partial charge in [0.1, 0.15) is 16.7 Å². The molecule has 0 spiro atoms. The number of nitro groups is 1. The summed E-state index contributed by atoms with van der Waals surface area (Å²) in [5.74, 6) is 1.61. The fourth-order valence-electron chi connectivity index (χ4n) is 5.05. The van der Waals surface area contributed by atoms with E-state index in [0.29, 0.717) is 0 Å². The van der Waals surface area contributed by atoms with Crippen molar-refractivity contribution in [3.05, 3.63) is 81.0 Å². The Hall–Kier alpha value is -4.32. The molecule has 9 heteroatoms. The first kappa shape index (κ1) is 24.3. The second-order valence-corrected chi connectivity index (χ2v) is 8.26. The molecule has 0 saturated heterocycles. The highest BCUT2D eigenvalue weighted by atomic mass is 16.6. The van der Waals surface area contributed by atoms with Gasteiger partial charge in [0.05, 0.1) is 10.5 Å². The van der Waals surface area contributed by atoms with Gasteiger partial charge in [-0.15, -0.1) is 5.92 Å². The number of hydrogen-bond acceptors (Lipinski definition) is 6. The van der Waals surface area contributed by atoms with Crippen molar-refractivity contribution < 1.29 is 29.8 Å². The molecule has 2 aromatic rings. The number of carbonyl (C=O) groups is 2. The highest BCUT2D eigenvalue weighted by Gasteiger charge is 2.66. The minimum absolute atomic E-state index is 0.103. The van der Waals surface area contributed by atoms with E-state index >= 15 is 0 Å². The summed E-state index contributed by atoms with van der Waals surface area (Å²) >= 11 is 0. The van der Waals surface area contributed by atoms with Crippen molar-refractivity contribution in [3.8, 4) is 17.6 Å². The highest BCUT2D eigenvalue weighted by molar-refractivity contribution is 5.96. The van der Waals surface area contributed by atoms with Crippen LogP contribution in [0.25, 0.3) is 0 Å². The Morgan fingerprint density at radius 2 is 1.76 bits per heavy atom. The van der Waals surface area contributed by atoms with Crippen LogP contribution in [0.3, 0.4) is 0 Å². The van der Waals surface area contributed by atoms with Gasteiger partial charge in [-0.2, -0.15) is 0 Å². The Bertz CT molecular complexity index is 1270. The van der Waals surface area contributed by atoms with Crippen molar-refractivity contribution in [2.45, 2.75) is 37.6 Å². The minimum atomic E-state index is -2.03. The lowest BCUT2D eigenvalue weighted by atomic mass is 9.53. The molecule has 0 aliphatic carbocycles. The summed E-state index contributed by atoms with van der Waals surface area (Å²) in [6.45, 7) is 4.72. The maximum atomic E-state index is 13.4. The van der Waals surface area contributed by atoms with E-state index in [1.165, 1.54) is 53.4 Å². The molecule has 3 atom stereocenters. The Balaban J connectivity index is 2.61. The third-order valence-corrected chi connectivity index (χ3v) is 6.73. The quantitative estimate of drug-likeness (QED) is 0.347. The first-order chi connectivity index (χ1) is 15.9. The Morgan fingerprint density at radius 3 is 2.26 bits per heavy atom. The third kappa shape index (κ3) is 3.35. The Morgan fingerprint density at radius 1 is 1.15 bits per heavy atom. The van der Waals surface area contributed by atoms with Crippen LogP contribution >= 0.6 is 0 Å². The van der Waals surface area contributed by atoms with Crippen LogP contribution in [0.2, 0.25) is 0 Å². The summed E-state index contributed by atoms with van der Waals surface area (Å²) in [6.07, 6.45) is 0. The van der Waals surface area contributed by atoms with Crippen LogP contribution in [0.4, 0.5) is 5.69 Å². The first-order valence-electron chi connectivity index (χ1n) is 10.3. The molecule has 3 N–H and O–H groups in total. The lowest BCUT2D eigenvalue weighted by molar-refractivity contribution is -0.384. The summed E-state index contributed by atoms with van der Waals surface area (Å²) in [5, 5.41) is 42.5. The fourth-order valence-corrected chi connectivity index (χ4v) is 5.05. The predicted molar refractivity (Wildman–Crippen MR) is 123 cm³/mol. The number of hydrogen-bond donors (Lipinski definition) is 3. The average molecular weight is 464 g/mol. The Labute approximate surface area is 196 Å². The largest absolute Gasteiger partial charge is 0.508 e. The van der Waals surface area contributed by atoms with Crippen molar-refractivity contribution in [1.29, 1.82) is 0 Å². The van der Waals surface area contributed by atoms with E-state index in [9.17, 15) is 35.0 Å². The zero-order valence-electron chi connectivity index (χ0n) is 19.1. The van der Waals surface area contributed by atoms with Gasteiger partial charge >= 0.3 is 11.9 Å². The van der Waals surface area contributed by atoms with Gasteiger partial charge in [-0.1, -0.05) is 30.2 Å². The Kier molecular flexibility index (Phi) is 6.12. The number of phenolic OH excluding ortho intramolecular Hbond substituents is 1. The van der Waals surface area contributed by atoms with Crippen LogP contribution < -0.4 is 0 Å². The van der Waals surface area contributed by atoms with Gasteiger partial charge in [0.25, 0.3) is 5.69 Å². The summed E-state index contributed by atoms with van der Waals surface area (Å²) in [5.41, 5.74) is -3.40. The molecule has 1 heterocycles. The number of likely N-dealkylation sites (N-methyl/N-ethyl adjacent to an activating group) is 1. The van der Waals surface area contributed by atoms with Crippen molar-refractivity contribution in [3.63, 3.8) is 0 Å². The predicted octanol–water partition coefficient (Wildman–Crippen LogP) is 3.49. The van der Waals surface area contributed by atoms with E-state index in [0.717, 1.165) is 0 Å². The zero-order valence-corrected chi connectivity index (χ0v) is 19.1. The molecule has 176 valence electrons. The highest BCUT2D eigenvalue weighted by Crippen LogP contribution is 2.57. The van der Waals surface area contributed by atoms with Crippen molar-refractivity contribution in [2.75, 3.05) is 7.05 Å². The topological polar surface area (TPSA) is 141 Å². The minimum Gasteiger partial charge on any atom is -0.508 e. The molecule has 1 aliphatic rings. The van der Waals surface area contributed by atoms with Crippen LogP contribution in [0.5, 0.6) is 5.75 Å². The zero-order chi connectivity index (χ0) is 25.4. The molecule has 0 amide bonds. The smallest absolute Gasteiger partial charge is 0.334 e. The number of non-ortho nitro benzene ring substituents is 1. The summed E-state index contributed by atoms with van der Waals surface area (Å²) in [6, 6.07) is 10.8. The molecule has 9 nitrogen and oxygen atoms in total. The van der Waals surface area contributed by atoms with Crippen LogP contribution in [0.15, 0.2) is 59.8 Å². The number of aliphatic carboxylic acids is 2. The number of carboxylic acids is 2. The molecule has 1 aliphatic heterocycles. The molecular formula is C25H24N2O7. The van der Waals surface area contributed by atoms with Gasteiger partial charge < -0.3 is 20.2 Å². The second kappa shape index (κ2) is 8.56. The number of aromatic hydroxyl groups is 1. The second-order valence-electron chi connectivity index (χ2n) is 8.26. The van der Waals surface area contributed by atoms with E-state index in [2.05, 4.69) is 11.8 Å². The molecule has 0 bridgehead atoms. The van der Waals surface area contributed by atoms with E-state index in [4.69, 9.17) is 0 Å². The molecular weight excluding hydrogens is 440 g/mol. The van der Waals surface area contributed by atoms with Crippen LogP contribution in [-0.2, 0) is 15.0 Å². The normalized spacial score (nSPS) is 24.2. The third-order valence-electron chi connectivity index (χ3n) is 6.73. The van der Waals surface area contributed by atoms with E-state index in [1.54, 1.807) is 27.8 Å². The number of allylic oxidation sites excluding steroid dienone is 1. The van der Waals surface area contributed by atoms with Gasteiger partial charge in [-0.25, -0.2) is 4.79 Å². The molecule has 3 rings (SSSR count). The van der Waals surface area contributed by atoms with Crippen LogP contribution in [0.1, 0.15) is 37.8 Å². The molecule has 3 unspecified atom stereocenters. The number of benzene rings is 2. The maximum Gasteiger partial charge on any atom is 0.334 e. The average Bonchev–Trinajstić information content (AvgIpc) is 2.78. The van der Waals surface area contributed by atoms with E-state index < -0.39 is 33.7 Å². The number of phenols is 1. The van der Waals surface area contributed by atoms with Crippen LogP contribution in [-0.4, -0.2) is 49.7 Å². The van der Waals surface area contributed by atoms with Gasteiger partial charge in [-0.05, 0) is 44.0 Å². The van der Waals surface area contributed by atoms with Gasteiger partial charge in [0, 0.05) is 30.8 Å².